The number of nitrogens with zero attached hydrogens (tertiary/aromatic N) is 3. The number of hydrogen-bond acceptors (Lipinski definition) is 6. The molecule has 0 aliphatic heterocycles. The highest BCUT2D eigenvalue weighted by Crippen LogP contribution is 2.28. The molecule has 0 aromatic carbocycles. The third-order valence-corrected chi connectivity index (χ3v) is 3.19. The van der Waals surface area contributed by atoms with Crippen molar-refractivity contribution < 1.29 is 4.74 Å². The predicted molar refractivity (Wildman–Crippen MR) is 83.6 cm³/mol. The van der Waals surface area contributed by atoms with Crippen molar-refractivity contribution >= 4 is 11.6 Å². The largest absolute Gasteiger partial charge is 0.490 e. The molecule has 0 saturated heterocycles. The molecule has 6 nitrogen and oxygen atoms in total. The molecule has 6 heteroatoms. The molecule has 1 rings (SSSR count). The molecule has 0 amide bonds. The van der Waals surface area contributed by atoms with Crippen LogP contribution in [0.5, 0.6) is 5.75 Å². The van der Waals surface area contributed by atoms with Crippen molar-refractivity contribution in [2.45, 2.75) is 27.2 Å². The van der Waals surface area contributed by atoms with Gasteiger partial charge in [0.1, 0.15) is 6.33 Å². The number of rotatable bonds is 10. The Morgan fingerprint density at radius 2 is 1.75 bits per heavy atom. The van der Waals surface area contributed by atoms with E-state index in [1.165, 1.54) is 0 Å². The van der Waals surface area contributed by atoms with Crippen molar-refractivity contribution in [1.29, 1.82) is 0 Å². The molecule has 1 heterocycles. The van der Waals surface area contributed by atoms with Gasteiger partial charge in [-0.1, -0.05) is 13.8 Å². The highest BCUT2D eigenvalue weighted by Gasteiger charge is 2.10. The second-order valence-corrected chi connectivity index (χ2v) is 4.44. The van der Waals surface area contributed by atoms with Crippen molar-refractivity contribution in [3.8, 4) is 5.75 Å². The van der Waals surface area contributed by atoms with Gasteiger partial charge in [0.25, 0.3) is 0 Å². The highest BCUT2D eigenvalue weighted by atomic mass is 16.5. The zero-order valence-electron chi connectivity index (χ0n) is 13.1. The molecule has 1 aromatic heterocycles. The second kappa shape index (κ2) is 9.36. The van der Waals surface area contributed by atoms with Crippen LogP contribution in [0.2, 0.25) is 0 Å². The third-order valence-electron chi connectivity index (χ3n) is 3.19. The summed E-state index contributed by atoms with van der Waals surface area (Å²) in [5.41, 5.74) is 0. The maximum atomic E-state index is 5.39. The van der Waals surface area contributed by atoms with Crippen LogP contribution >= 0.6 is 0 Å². The lowest BCUT2D eigenvalue weighted by atomic mass is 10.3. The molecular formula is C14H27N5O. The van der Waals surface area contributed by atoms with Crippen molar-refractivity contribution in [2.75, 3.05) is 50.5 Å². The lowest BCUT2D eigenvalue weighted by Crippen LogP contribution is -2.25. The molecule has 0 aliphatic carbocycles. The number of hydrogen-bond donors (Lipinski definition) is 2. The minimum atomic E-state index is 0.678. The minimum Gasteiger partial charge on any atom is -0.490 e. The third kappa shape index (κ3) is 4.85. The maximum absolute atomic E-state index is 5.39. The van der Waals surface area contributed by atoms with Crippen LogP contribution in [0.15, 0.2) is 6.33 Å². The summed E-state index contributed by atoms with van der Waals surface area (Å²) in [5, 5.41) is 6.49. The first-order valence-corrected chi connectivity index (χ1v) is 7.35. The monoisotopic (exact) mass is 281 g/mol. The Morgan fingerprint density at radius 3 is 2.30 bits per heavy atom. The van der Waals surface area contributed by atoms with Gasteiger partial charge in [-0.05, 0) is 33.0 Å². The predicted octanol–water partition coefficient (Wildman–Crippen LogP) is 2.06. The first-order valence-electron chi connectivity index (χ1n) is 7.35. The Bertz CT molecular complexity index is 382. The average Bonchev–Trinajstić information content (AvgIpc) is 2.48. The summed E-state index contributed by atoms with van der Waals surface area (Å²) in [5.74, 6) is 2.16. The summed E-state index contributed by atoms with van der Waals surface area (Å²) in [4.78, 5) is 10.8. The van der Waals surface area contributed by atoms with E-state index < -0.39 is 0 Å². The molecule has 0 bridgehead atoms. The normalized spacial score (nSPS) is 10.7. The number of aromatic nitrogens is 2. The fourth-order valence-electron chi connectivity index (χ4n) is 2.04. The van der Waals surface area contributed by atoms with Gasteiger partial charge in [0, 0.05) is 13.1 Å². The van der Waals surface area contributed by atoms with Gasteiger partial charge in [-0.15, -0.1) is 0 Å². The van der Waals surface area contributed by atoms with E-state index in [1.807, 2.05) is 6.92 Å². The van der Waals surface area contributed by atoms with Crippen LogP contribution in [0.4, 0.5) is 11.6 Å². The summed E-state index contributed by atoms with van der Waals surface area (Å²) >= 11 is 0. The SMILES string of the molecule is CCNc1ncnc(NCCCN(CC)CC)c1OC. The molecule has 0 atom stereocenters. The number of ether oxygens (including phenoxy) is 1. The molecule has 0 fully saturated rings. The molecule has 1 aromatic rings. The molecule has 114 valence electrons. The summed E-state index contributed by atoms with van der Waals surface area (Å²) in [6.45, 7) is 11.4. The second-order valence-electron chi connectivity index (χ2n) is 4.44. The fraction of sp³-hybridized carbons (Fsp3) is 0.714. The van der Waals surface area contributed by atoms with Crippen LogP contribution in [0.1, 0.15) is 27.2 Å². The van der Waals surface area contributed by atoms with E-state index in [2.05, 4.69) is 39.3 Å². The van der Waals surface area contributed by atoms with Crippen LogP contribution < -0.4 is 15.4 Å². The molecule has 0 unspecified atom stereocenters. The van der Waals surface area contributed by atoms with Crippen LogP contribution in [0.25, 0.3) is 0 Å². The summed E-state index contributed by atoms with van der Waals surface area (Å²) in [7, 11) is 1.64. The van der Waals surface area contributed by atoms with Crippen molar-refractivity contribution in [3.05, 3.63) is 6.33 Å². The van der Waals surface area contributed by atoms with E-state index in [1.54, 1.807) is 13.4 Å². The van der Waals surface area contributed by atoms with Gasteiger partial charge in [0.15, 0.2) is 11.6 Å². The van der Waals surface area contributed by atoms with E-state index in [9.17, 15) is 0 Å². The Hall–Kier alpha value is -1.56. The van der Waals surface area contributed by atoms with E-state index in [0.717, 1.165) is 50.8 Å². The first kappa shape index (κ1) is 16.5. The van der Waals surface area contributed by atoms with Crippen molar-refractivity contribution in [2.24, 2.45) is 0 Å². The molecule has 0 saturated carbocycles. The Morgan fingerprint density at radius 1 is 1.10 bits per heavy atom. The van der Waals surface area contributed by atoms with Gasteiger partial charge in [-0.3, -0.25) is 0 Å². The van der Waals surface area contributed by atoms with E-state index in [4.69, 9.17) is 4.74 Å². The lowest BCUT2D eigenvalue weighted by Gasteiger charge is -2.18. The van der Waals surface area contributed by atoms with Crippen LogP contribution in [-0.2, 0) is 0 Å². The Balaban J connectivity index is 2.53. The quantitative estimate of drug-likeness (QED) is 0.640. The van der Waals surface area contributed by atoms with Gasteiger partial charge >= 0.3 is 0 Å². The van der Waals surface area contributed by atoms with Crippen molar-refractivity contribution in [1.82, 2.24) is 14.9 Å². The molecule has 2 N–H and O–H groups in total. The summed E-state index contributed by atoms with van der Waals surface area (Å²) < 4.78 is 5.39. The zero-order valence-corrected chi connectivity index (χ0v) is 13.1. The number of anilines is 2. The number of methoxy groups -OCH3 is 1. The summed E-state index contributed by atoms with van der Waals surface area (Å²) in [6, 6.07) is 0. The molecular weight excluding hydrogens is 254 g/mol. The first-order chi connectivity index (χ1) is 9.76. The average molecular weight is 281 g/mol. The Kier molecular flexibility index (Phi) is 7.72. The smallest absolute Gasteiger partial charge is 0.204 e. The fourth-order valence-corrected chi connectivity index (χ4v) is 2.04. The number of nitrogens with one attached hydrogen (secondary N) is 2. The van der Waals surface area contributed by atoms with Gasteiger partial charge < -0.3 is 20.3 Å². The molecule has 0 spiro atoms. The van der Waals surface area contributed by atoms with E-state index in [0.29, 0.717) is 5.75 Å². The highest BCUT2D eigenvalue weighted by molar-refractivity contribution is 5.63. The van der Waals surface area contributed by atoms with Gasteiger partial charge in [0.2, 0.25) is 5.75 Å². The standard InChI is InChI=1S/C14H27N5O/c1-5-15-13-12(20-4)14(18-11-17-13)16-9-8-10-19(6-2)7-3/h11H,5-10H2,1-4H3,(H2,15,16,17,18). The molecule has 20 heavy (non-hydrogen) atoms. The van der Waals surface area contributed by atoms with Crippen LogP contribution in [0.3, 0.4) is 0 Å². The van der Waals surface area contributed by atoms with Gasteiger partial charge in [-0.25, -0.2) is 9.97 Å². The van der Waals surface area contributed by atoms with Crippen LogP contribution in [0, 0.1) is 0 Å². The van der Waals surface area contributed by atoms with Crippen molar-refractivity contribution in [3.63, 3.8) is 0 Å². The van der Waals surface area contributed by atoms with Gasteiger partial charge in [0.05, 0.1) is 7.11 Å². The minimum absolute atomic E-state index is 0.678. The molecule has 0 aliphatic rings. The summed E-state index contributed by atoms with van der Waals surface area (Å²) in [6.07, 6.45) is 2.62. The van der Waals surface area contributed by atoms with Gasteiger partial charge in [-0.2, -0.15) is 0 Å². The lowest BCUT2D eigenvalue weighted by molar-refractivity contribution is 0.303. The maximum Gasteiger partial charge on any atom is 0.204 e. The van der Waals surface area contributed by atoms with E-state index in [-0.39, 0.29) is 0 Å². The molecule has 0 radical (unpaired) electrons. The Labute approximate surface area is 121 Å². The topological polar surface area (TPSA) is 62.3 Å². The van der Waals surface area contributed by atoms with E-state index >= 15 is 0 Å². The van der Waals surface area contributed by atoms with Crippen LogP contribution in [-0.4, -0.2) is 54.7 Å². The zero-order chi connectivity index (χ0) is 14.8.